The van der Waals surface area contributed by atoms with Crippen molar-refractivity contribution >= 4 is 11.4 Å². The van der Waals surface area contributed by atoms with Crippen molar-refractivity contribution in [2.75, 3.05) is 11.9 Å². The van der Waals surface area contributed by atoms with Crippen LogP contribution in [0.3, 0.4) is 0 Å². The predicted octanol–water partition coefficient (Wildman–Crippen LogP) is 5.46. The monoisotopic (exact) mass is 314 g/mol. The molecule has 2 aromatic carbocycles. The molecule has 1 aliphatic rings. The average molecular weight is 314 g/mol. The van der Waals surface area contributed by atoms with E-state index in [1.165, 1.54) is 33.6 Å². The van der Waals surface area contributed by atoms with Gasteiger partial charge in [-0.05, 0) is 47.9 Å². The molecule has 0 spiro atoms. The van der Waals surface area contributed by atoms with Gasteiger partial charge in [0.1, 0.15) is 0 Å². The standard InChI is InChI=1S/C22H22N2/c1-15-9-11-19(23-14-15)16-10-12-21-18(13-16)22(2,3)17-7-5-6-8-20(17)24(21)4/h5-14H,1-4H3. The summed E-state index contributed by atoms with van der Waals surface area (Å²) in [5.41, 5.74) is 8.64. The average Bonchev–Trinajstić information content (AvgIpc) is 2.60. The Morgan fingerprint density at radius 1 is 0.875 bits per heavy atom. The SMILES string of the molecule is Cc1ccc(-c2ccc3c(c2)C(C)(C)c2ccccc2N3C)nc1. The van der Waals surface area contributed by atoms with Crippen LogP contribution >= 0.6 is 0 Å². The van der Waals surface area contributed by atoms with Crippen LogP contribution in [0.1, 0.15) is 30.5 Å². The van der Waals surface area contributed by atoms with E-state index in [-0.39, 0.29) is 5.41 Å². The Morgan fingerprint density at radius 3 is 2.38 bits per heavy atom. The normalized spacial score (nSPS) is 14.9. The summed E-state index contributed by atoms with van der Waals surface area (Å²) in [6.45, 7) is 6.69. The summed E-state index contributed by atoms with van der Waals surface area (Å²) in [7, 11) is 2.15. The fourth-order valence-corrected chi connectivity index (χ4v) is 3.70. The summed E-state index contributed by atoms with van der Waals surface area (Å²) in [6.07, 6.45) is 1.93. The third-order valence-corrected chi connectivity index (χ3v) is 5.18. The number of para-hydroxylation sites is 1. The van der Waals surface area contributed by atoms with Crippen LogP contribution in [-0.2, 0) is 5.41 Å². The fraction of sp³-hybridized carbons (Fsp3) is 0.227. The molecule has 0 unspecified atom stereocenters. The Hall–Kier alpha value is -2.61. The van der Waals surface area contributed by atoms with E-state index in [1.807, 2.05) is 6.20 Å². The Labute approximate surface area is 143 Å². The molecule has 0 saturated carbocycles. The molecule has 0 fully saturated rings. The second-order valence-electron chi connectivity index (χ2n) is 7.15. The third kappa shape index (κ3) is 2.14. The van der Waals surface area contributed by atoms with Gasteiger partial charge in [-0.3, -0.25) is 4.98 Å². The van der Waals surface area contributed by atoms with Gasteiger partial charge in [0.2, 0.25) is 0 Å². The van der Waals surface area contributed by atoms with Gasteiger partial charge in [-0.25, -0.2) is 0 Å². The first-order chi connectivity index (χ1) is 11.5. The molecule has 24 heavy (non-hydrogen) atoms. The number of aromatic nitrogens is 1. The van der Waals surface area contributed by atoms with Crippen LogP contribution in [0.15, 0.2) is 60.8 Å². The summed E-state index contributed by atoms with van der Waals surface area (Å²) in [6, 6.07) is 19.6. The zero-order valence-corrected chi connectivity index (χ0v) is 14.7. The summed E-state index contributed by atoms with van der Waals surface area (Å²) < 4.78 is 0. The van der Waals surface area contributed by atoms with Gasteiger partial charge in [0, 0.05) is 35.6 Å². The van der Waals surface area contributed by atoms with E-state index in [2.05, 4.69) is 92.3 Å². The summed E-state index contributed by atoms with van der Waals surface area (Å²) >= 11 is 0. The molecule has 0 radical (unpaired) electrons. The maximum atomic E-state index is 4.59. The van der Waals surface area contributed by atoms with Crippen LogP contribution in [0.5, 0.6) is 0 Å². The maximum absolute atomic E-state index is 4.59. The molecule has 4 rings (SSSR count). The van der Waals surface area contributed by atoms with Crippen molar-refractivity contribution in [3.05, 3.63) is 77.5 Å². The van der Waals surface area contributed by atoms with Crippen LogP contribution in [0.25, 0.3) is 11.3 Å². The van der Waals surface area contributed by atoms with E-state index in [0.29, 0.717) is 0 Å². The lowest BCUT2D eigenvalue weighted by atomic mass is 9.73. The first kappa shape index (κ1) is 14.9. The molecule has 2 heterocycles. The number of nitrogens with zero attached hydrogens (tertiary/aromatic N) is 2. The van der Waals surface area contributed by atoms with Crippen LogP contribution < -0.4 is 4.90 Å². The van der Waals surface area contributed by atoms with Gasteiger partial charge in [-0.2, -0.15) is 0 Å². The number of aryl methyl sites for hydroxylation is 1. The number of hydrogen-bond donors (Lipinski definition) is 0. The molecule has 0 bridgehead atoms. The first-order valence-corrected chi connectivity index (χ1v) is 8.39. The molecule has 3 aromatic rings. The molecule has 120 valence electrons. The Kier molecular flexibility index (Phi) is 3.24. The van der Waals surface area contributed by atoms with Crippen molar-refractivity contribution in [1.29, 1.82) is 0 Å². The van der Waals surface area contributed by atoms with E-state index in [1.54, 1.807) is 0 Å². The van der Waals surface area contributed by atoms with E-state index < -0.39 is 0 Å². The fourth-order valence-electron chi connectivity index (χ4n) is 3.70. The number of pyridine rings is 1. The van der Waals surface area contributed by atoms with Crippen molar-refractivity contribution in [2.45, 2.75) is 26.2 Å². The van der Waals surface area contributed by atoms with Crippen molar-refractivity contribution in [3.8, 4) is 11.3 Å². The van der Waals surface area contributed by atoms with Crippen molar-refractivity contribution in [2.24, 2.45) is 0 Å². The van der Waals surface area contributed by atoms with Gasteiger partial charge >= 0.3 is 0 Å². The molecular weight excluding hydrogens is 292 g/mol. The molecular formula is C22H22N2. The maximum Gasteiger partial charge on any atom is 0.0702 e. The highest BCUT2D eigenvalue weighted by atomic mass is 15.1. The molecule has 2 heteroatoms. The van der Waals surface area contributed by atoms with E-state index in [4.69, 9.17) is 0 Å². The highest BCUT2D eigenvalue weighted by Crippen LogP contribution is 2.48. The lowest BCUT2D eigenvalue weighted by molar-refractivity contribution is 0.630. The van der Waals surface area contributed by atoms with Crippen LogP contribution in [0.4, 0.5) is 11.4 Å². The predicted molar refractivity (Wildman–Crippen MR) is 101 cm³/mol. The highest BCUT2D eigenvalue weighted by Gasteiger charge is 2.34. The van der Waals surface area contributed by atoms with E-state index in [9.17, 15) is 0 Å². The van der Waals surface area contributed by atoms with Gasteiger partial charge in [-0.15, -0.1) is 0 Å². The van der Waals surface area contributed by atoms with Gasteiger partial charge in [0.05, 0.1) is 5.69 Å². The molecule has 2 nitrogen and oxygen atoms in total. The number of hydrogen-bond acceptors (Lipinski definition) is 2. The number of benzene rings is 2. The first-order valence-electron chi connectivity index (χ1n) is 8.39. The molecule has 0 saturated heterocycles. The van der Waals surface area contributed by atoms with Crippen molar-refractivity contribution < 1.29 is 0 Å². The van der Waals surface area contributed by atoms with Gasteiger partial charge in [-0.1, -0.05) is 44.2 Å². The van der Waals surface area contributed by atoms with Crippen LogP contribution in [-0.4, -0.2) is 12.0 Å². The minimum absolute atomic E-state index is 0.0286. The molecule has 0 N–H and O–H groups in total. The minimum Gasteiger partial charge on any atom is -0.344 e. The largest absolute Gasteiger partial charge is 0.344 e. The Balaban J connectivity index is 1.90. The van der Waals surface area contributed by atoms with Crippen molar-refractivity contribution in [3.63, 3.8) is 0 Å². The van der Waals surface area contributed by atoms with Crippen molar-refractivity contribution in [1.82, 2.24) is 4.98 Å². The highest BCUT2D eigenvalue weighted by molar-refractivity contribution is 5.80. The third-order valence-electron chi connectivity index (χ3n) is 5.18. The molecule has 0 atom stereocenters. The van der Waals surface area contributed by atoms with Gasteiger partial charge < -0.3 is 4.90 Å². The Morgan fingerprint density at radius 2 is 1.62 bits per heavy atom. The quantitative estimate of drug-likeness (QED) is 0.592. The zero-order chi connectivity index (χ0) is 16.9. The summed E-state index contributed by atoms with van der Waals surface area (Å²) in [5.74, 6) is 0. The topological polar surface area (TPSA) is 16.1 Å². The van der Waals surface area contributed by atoms with E-state index >= 15 is 0 Å². The molecule has 1 aliphatic heterocycles. The summed E-state index contributed by atoms with van der Waals surface area (Å²) in [5, 5.41) is 0. The second-order valence-corrected chi connectivity index (χ2v) is 7.15. The minimum atomic E-state index is -0.0286. The van der Waals surface area contributed by atoms with Gasteiger partial charge in [0.25, 0.3) is 0 Å². The lowest BCUT2D eigenvalue weighted by Gasteiger charge is -2.40. The number of anilines is 2. The van der Waals surface area contributed by atoms with Gasteiger partial charge in [0.15, 0.2) is 0 Å². The number of fused-ring (bicyclic) bond motifs is 2. The van der Waals surface area contributed by atoms with Crippen LogP contribution in [0.2, 0.25) is 0 Å². The lowest BCUT2D eigenvalue weighted by Crippen LogP contribution is -2.30. The van der Waals surface area contributed by atoms with E-state index in [0.717, 1.165) is 5.69 Å². The zero-order valence-electron chi connectivity index (χ0n) is 14.7. The molecule has 0 aliphatic carbocycles. The van der Waals surface area contributed by atoms with Crippen LogP contribution in [0, 0.1) is 6.92 Å². The summed E-state index contributed by atoms with van der Waals surface area (Å²) in [4.78, 5) is 6.89. The molecule has 1 aromatic heterocycles. The second kappa shape index (κ2) is 5.20. The Bertz CT molecular complexity index is 908. The smallest absolute Gasteiger partial charge is 0.0702 e. The molecule has 0 amide bonds. The number of rotatable bonds is 1.